The fourth-order valence-corrected chi connectivity index (χ4v) is 7.08. The Kier molecular flexibility index (Phi) is 5.47. The standard InChI is InChI=1S/C32H29N3OS/c1-21-19-25(34-17-7-8-18-34)15-13-24(21)20-28-31(36)35-30(23-10-3-2-4-11-23)27-16-14-22-9-5-6-12-26(22)29(27)33-32(35)37-28/h2-6,9-13,15,19-20,30H,7-8,14,16-18H2,1H3. The zero-order valence-electron chi connectivity index (χ0n) is 21.0. The number of fused-ring (bicyclic) bond motifs is 3. The Labute approximate surface area is 220 Å². The molecule has 7 rings (SSSR count). The van der Waals surface area contributed by atoms with E-state index in [4.69, 9.17) is 4.99 Å². The molecular formula is C32H29N3OS. The Hall–Kier alpha value is -3.70. The molecule has 0 N–H and O–H groups in total. The molecule has 1 saturated heterocycles. The SMILES string of the molecule is Cc1cc(N2CCCC2)ccc1C=c1sc2n(c1=O)C(c1ccccc1)C1=C(N=2)c2ccccc2CC1. The summed E-state index contributed by atoms with van der Waals surface area (Å²) in [6.07, 6.45) is 6.47. The highest BCUT2D eigenvalue weighted by Gasteiger charge is 2.32. The van der Waals surface area contributed by atoms with Gasteiger partial charge in [0.2, 0.25) is 0 Å². The summed E-state index contributed by atoms with van der Waals surface area (Å²) in [5, 5.41) is 0. The molecule has 1 atom stereocenters. The second kappa shape index (κ2) is 9.00. The van der Waals surface area contributed by atoms with E-state index in [-0.39, 0.29) is 11.6 Å². The van der Waals surface area contributed by atoms with Crippen LogP contribution >= 0.6 is 11.3 Å². The van der Waals surface area contributed by atoms with Gasteiger partial charge in [-0.2, -0.15) is 0 Å². The van der Waals surface area contributed by atoms with Crippen molar-refractivity contribution in [2.45, 2.75) is 38.6 Å². The van der Waals surface area contributed by atoms with E-state index in [0.29, 0.717) is 0 Å². The average Bonchev–Trinajstić information content (AvgIpc) is 3.58. The van der Waals surface area contributed by atoms with Crippen LogP contribution in [0, 0.1) is 6.92 Å². The van der Waals surface area contributed by atoms with E-state index in [1.54, 1.807) is 0 Å². The van der Waals surface area contributed by atoms with Crippen LogP contribution in [0.1, 0.15) is 53.1 Å². The average molecular weight is 504 g/mol. The van der Waals surface area contributed by atoms with Crippen molar-refractivity contribution in [2.75, 3.05) is 18.0 Å². The molecule has 1 aromatic heterocycles. The monoisotopic (exact) mass is 503 g/mol. The number of benzene rings is 3. The van der Waals surface area contributed by atoms with Gasteiger partial charge in [-0.25, -0.2) is 4.99 Å². The van der Waals surface area contributed by atoms with E-state index in [0.717, 1.165) is 52.1 Å². The van der Waals surface area contributed by atoms with Crippen molar-refractivity contribution in [3.05, 3.63) is 126 Å². The number of nitrogens with zero attached hydrogens (tertiary/aromatic N) is 3. The lowest BCUT2D eigenvalue weighted by Gasteiger charge is -2.30. The summed E-state index contributed by atoms with van der Waals surface area (Å²) < 4.78 is 2.68. The zero-order valence-corrected chi connectivity index (χ0v) is 21.8. The second-order valence-electron chi connectivity index (χ2n) is 10.3. The molecule has 0 saturated carbocycles. The van der Waals surface area contributed by atoms with E-state index in [9.17, 15) is 4.79 Å². The van der Waals surface area contributed by atoms with Crippen LogP contribution in [0.25, 0.3) is 11.8 Å². The highest BCUT2D eigenvalue weighted by Crippen LogP contribution is 2.41. The summed E-state index contributed by atoms with van der Waals surface area (Å²) in [6.45, 7) is 4.40. The van der Waals surface area contributed by atoms with Gasteiger partial charge >= 0.3 is 0 Å². The molecule has 3 aliphatic rings. The van der Waals surface area contributed by atoms with Gasteiger partial charge in [-0.1, -0.05) is 72.0 Å². The van der Waals surface area contributed by atoms with Gasteiger partial charge in [0.25, 0.3) is 5.56 Å². The molecule has 0 amide bonds. The number of hydrogen-bond acceptors (Lipinski definition) is 4. The first-order valence-corrected chi connectivity index (χ1v) is 14.0. The van der Waals surface area contributed by atoms with Crippen molar-refractivity contribution in [3.63, 3.8) is 0 Å². The fourth-order valence-electron chi connectivity index (χ4n) is 6.09. The highest BCUT2D eigenvalue weighted by molar-refractivity contribution is 7.07. The van der Waals surface area contributed by atoms with Crippen LogP contribution in [-0.2, 0) is 6.42 Å². The Morgan fingerprint density at radius 3 is 2.54 bits per heavy atom. The molecule has 0 spiro atoms. The molecule has 37 heavy (non-hydrogen) atoms. The minimum absolute atomic E-state index is 0.0473. The van der Waals surface area contributed by atoms with Crippen molar-refractivity contribution in [1.29, 1.82) is 0 Å². The number of anilines is 1. The molecule has 1 aliphatic carbocycles. The second-order valence-corrected chi connectivity index (χ2v) is 11.3. The molecular weight excluding hydrogens is 474 g/mol. The topological polar surface area (TPSA) is 37.6 Å². The predicted molar refractivity (Wildman–Crippen MR) is 152 cm³/mol. The van der Waals surface area contributed by atoms with Gasteiger partial charge in [-0.05, 0) is 78.6 Å². The lowest BCUT2D eigenvalue weighted by Crippen LogP contribution is -2.38. The Morgan fingerprint density at radius 2 is 1.73 bits per heavy atom. The van der Waals surface area contributed by atoms with Crippen LogP contribution in [-0.4, -0.2) is 17.7 Å². The van der Waals surface area contributed by atoms with Crippen molar-refractivity contribution < 1.29 is 0 Å². The molecule has 0 bridgehead atoms. The van der Waals surface area contributed by atoms with Crippen molar-refractivity contribution in [2.24, 2.45) is 4.99 Å². The van der Waals surface area contributed by atoms with Crippen molar-refractivity contribution >= 4 is 28.8 Å². The minimum atomic E-state index is -0.124. The van der Waals surface area contributed by atoms with Crippen LogP contribution in [0.3, 0.4) is 0 Å². The third-order valence-electron chi connectivity index (χ3n) is 8.00. The van der Waals surface area contributed by atoms with Crippen molar-refractivity contribution in [3.8, 4) is 0 Å². The van der Waals surface area contributed by atoms with Crippen LogP contribution in [0.2, 0.25) is 0 Å². The van der Waals surface area contributed by atoms with Crippen LogP contribution in [0.4, 0.5) is 5.69 Å². The molecule has 184 valence electrons. The van der Waals surface area contributed by atoms with Gasteiger partial charge in [0, 0.05) is 24.3 Å². The van der Waals surface area contributed by atoms with E-state index >= 15 is 0 Å². The molecule has 5 heteroatoms. The summed E-state index contributed by atoms with van der Waals surface area (Å²) in [5.74, 6) is 0. The lowest BCUT2D eigenvalue weighted by atomic mass is 9.83. The van der Waals surface area contributed by atoms with Gasteiger partial charge in [-0.15, -0.1) is 0 Å². The molecule has 1 unspecified atom stereocenters. The first kappa shape index (κ1) is 22.5. The summed E-state index contributed by atoms with van der Waals surface area (Å²) >= 11 is 1.51. The maximum atomic E-state index is 14.0. The molecule has 4 aromatic rings. The lowest BCUT2D eigenvalue weighted by molar-refractivity contribution is 0.585. The maximum absolute atomic E-state index is 14.0. The number of rotatable bonds is 3. The van der Waals surface area contributed by atoms with Gasteiger partial charge in [-0.3, -0.25) is 9.36 Å². The molecule has 3 aromatic carbocycles. The zero-order chi connectivity index (χ0) is 24.9. The number of hydrogen-bond donors (Lipinski definition) is 0. The fraction of sp³-hybridized carbons (Fsp3) is 0.250. The quantitative estimate of drug-likeness (QED) is 0.384. The third-order valence-corrected chi connectivity index (χ3v) is 8.98. The molecule has 1 fully saturated rings. The van der Waals surface area contributed by atoms with Crippen LogP contribution < -0.4 is 19.8 Å². The molecule has 2 aliphatic heterocycles. The Morgan fingerprint density at radius 1 is 0.946 bits per heavy atom. The number of allylic oxidation sites excluding steroid dienone is 1. The van der Waals surface area contributed by atoms with Gasteiger partial charge < -0.3 is 4.90 Å². The van der Waals surface area contributed by atoms with E-state index in [1.807, 2.05) is 10.6 Å². The normalized spacial score (nSPS) is 18.9. The largest absolute Gasteiger partial charge is 0.372 e. The molecule has 4 nitrogen and oxygen atoms in total. The summed E-state index contributed by atoms with van der Waals surface area (Å²) in [6, 6.07) is 25.5. The Bertz CT molecular complexity index is 1720. The minimum Gasteiger partial charge on any atom is -0.372 e. The smallest absolute Gasteiger partial charge is 0.271 e. The van der Waals surface area contributed by atoms with Crippen molar-refractivity contribution in [1.82, 2.24) is 4.57 Å². The number of aryl methyl sites for hydroxylation is 2. The number of thiazole rings is 1. The summed E-state index contributed by atoms with van der Waals surface area (Å²) in [7, 11) is 0. The van der Waals surface area contributed by atoms with E-state index in [2.05, 4.69) is 84.6 Å². The van der Waals surface area contributed by atoms with E-state index < -0.39 is 0 Å². The first-order valence-electron chi connectivity index (χ1n) is 13.2. The van der Waals surface area contributed by atoms with Gasteiger partial charge in [0.15, 0.2) is 4.80 Å². The predicted octanol–water partition coefficient (Wildman–Crippen LogP) is 5.23. The van der Waals surface area contributed by atoms with E-state index in [1.165, 1.54) is 52.1 Å². The van der Waals surface area contributed by atoms with Crippen LogP contribution in [0.5, 0.6) is 0 Å². The van der Waals surface area contributed by atoms with Gasteiger partial charge in [0.1, 0.15) is 0 Å². The molecule has 3 heterocycles. The third kappa shape index (κ3) is 3.80. The Balaban J connectivity index is 1.40. The van der Waals surface area contributed by atoms with Gasteiger partial charge in [0.05, 0.1) is 16.3 Å². The molecule has 0 radical (unpaired) electrons. The summed E-state index contributed by atoms with van der Waals surface area (Å²) in [4.78, 5) is 22.3. The maximum Gasteiger partial charge on any atom is 0.271 e. The highest BCUT2D eigenvalue weighted by atomic mass is 32.1. The van der Waals surface area contributed by atoms with Crippen LogP contribution in [0.15, 0.2) is 88.2 Å². The number of aromatic nitrogens is 1. The first-order chi connectivity index (χ1) is 18.2. The summed E-state index contributed by atoms with van der Waals surface area (Å²) in [5.41, 5.74) is 9.60.